The van der Waals surface area contributed by atoms with Crippen molar-refractivity contribution in [3.63, 3.8) is 0 Å². The normalized spacial score (nSPS) is 18.9. The third-order valence-electron chi connectivity index (χ3n) is 7.32. The van der Waals surface area contributed by atoms with Crippen LogP contribution in [-0.4, -0.2) is 67.3 Å². The molecule has 0 spiro atoms. The summed E-state index contributed by atoms with van der Waals surface area (Å²) in [7, 11) is 0. The number of fused-ring (bicyclic) bond motifs is 1. The second-order valence-corrected chi connectivity index (χ2v) is 10.6. The first-order valence-corrected chi connectivity index (χ1v) is 13.6. The number of anilines is 1. The van der Waals surface area contributed by atoms with Crippen molar-refractivity contribution in [1.29, 1.82) is 0 Å². The number of imidazole rings is 1. The smallest absolute Gasteiger partial charge is 0.335 e. The molecule has 2 aromatic carbocycles. The number of nitrogens with zero attached hydrogens (tertiary/aromatic N) is 5. The average Bonchev–Trinajstić information content (AvgIpc) is 3.50. The second-order valence-electron chi connectivity index (χ2n) is 10.2. The summed E-state index contributed by atoms with van der Waals surface area (Å²) in [6.45, 7) is 3.12. The molecule has 2 aliphatic rings. The van der Waals surface area contributed by atoms with Gasteiger partial charge in [-0.2, -0.15) is 9.37 Å². The number of hydrogen-bond acceptors (Lipinski definition) is 8. The monoisotopic (exact) mass is 584 g/mol. The molecule has 41 heavy (non-hydrogen) atoms. The summed E-state index contributed by atoms with van der Waals surface area (Å²) in [6.07, 6.45) is 2.84. The highest BCUT2D eigenvalue weighted by atomic mass is 35.5. The fourth-order valence-corrected chi connectivity index (χ4v) is 5.20. The molecule has 0 aliphatic carbocycles. The van der Waals surface area contributed by atoms with Crippen LogP contribution in [-0.2, 0) is 24.4 Å². The zero-order chi connectivity index (χ0) is 28.5. The van der Waals surface area contributed by atoms with E-state index >= 15 is 0 Å². The van der Waals surface area contributed by atoms with Gasteiger partial charge < -0.3 is 24.5 Å². The molecule has 0 amide bonds. The second kappa shape index (κ2) is 11.6. The molecule has 0 radical (unpaired) electrons. The minimum Gasteiger partial charge on any atom is -0.478 e. The van der Waals surface area contributed by atoms with Crippen molar-refractivity contribution in [3.05, 3.63) is 76.2 Å². The number of carboxylic acids is 1. The molecule has 0 saturated carbocycles. The average molecular weight is 585 g/mol. The zero-order valence-electron chi connectivity index (χ0n) is 21.9. The Morgan fingerprint density at radius 3 is 2.78 bits per heavy atom. The van der Waals surface area contributed by atoms with Crippen LogP contribution < -0.4 is 10.1 Å². The van der Waals surface area contributed by atoms with Gasteiger partial charge in [0.2, 0.25) is 11.8 Å². The molecule has 2 atom stereocenters. The number of ether oxygens (including phenoxy) is 2. The Morgan fingerprint density at radius 2 is 2.02 bits per heavy atom. The van der Waals surface area contributed by atoms with Gasteiger partial charge in [-0.15, -0.1) is 0 Å². The van der Waals surface area contributed by atoms with Gasteiger partial charge in [-0.25, -0.2) is 19.2 Å². The number of aromatic nitrogens is 4. The van der Waals surface area contributed by atoms with Crippen LogP contribution in [0.2, 0.25) is 5.02 Å². The van der Waals surface area contributed by atoms with Crippen molar-refractivity contribution in [3.8, 4) is 5.88 Å². The van der Waals surface area contributed by atoms with Crippen LogP contribution >= 0.6 is 11.6 Å². The zero-order valence-corrected chi connectivity index (χ0v) is 22.7. The molecule has 2 saturated heterocycles. The molecule has 13 heteroatoms. The first-order valence-electron chi connectivity index (χ1n) is 13.2. The van der Waals surface area contributed by atoms with Crippen molar-refractivity contribution in [1.82, 2.24) is 24.4 Å². The predicted molar refractivity (Wildman–Crippen MR) is 146 cm³/mol. The maximum absolute atomic E-state index is 14.3. The van der Waals surface area contributed by atoms with Crippen LogP contribution in [0.15, 0.2) is 42.6 Å². The summed E-state index contributed by atoms with van der Waals surface area (Å²) in [4.78, 5) is 26.8. The van der Waals surface area contributed by atoms with Gasteiger partial charge in [0.25, 0.3) is 5.88 Å². The summed E-state index contributed by atoms with van der Waals surface area (Å²) in [5.41, 5.74) is 1.95. The quantitative estimate of drug-likeness (QED) is 0.278. The lowest BCUT2D eigenvalue weighted by molar-refractivity contribution is -0.0591. The topological polar surface area (TPSA) is 115 Å². The lowest BCUT2D eigenvalue weighted by Crippen LogP contribution is -2.33. The Kier molecular flexibility index (Phi) is 7.69. The lowest BCUT2D eigenvalue weighted by atomic mass is 10.1. The van der Waals surface area contributed by atoms with Crippen LogP contribution in [0.1, 0.15) is 34.6 Å². The maximum atomic E-state index is 14.3. The van der Waals surface area contributed by atoms with Gasteiger partial charge in [-0.1, -0.05) is 17.7 Å². The van der Waals surface area contributed by atoms with E-state index in [0.29, 0.717) is 19.6 Å². The molecule has 2 aliphatic heterocycles. The molecular formula is C28H27ClF2N6O4. The Morgan fingerprint density at radius 1 is 1.17 bits per heavy atom. The molecule has 10 nitrogen and oxygen atoms in total. The molecule has 4 heterocycles. The molecule has 0 bridgehead atoms. The third-order valence-corrected chi connectivity index (χ3v) is 7.55. The highest BCUT2D eigenvalue weighted by Gasteiger charge is 2.27. The fourth-order valence-electron chi connectivity index (χ4n) is 5.05. The van der Waals surface area contributed by atoms with Gasteiger partial charge in [0.15, 0.2) is 0 Å². The van der Waals surface area contributed by atoms with Gasteiger partial charge in [-0.3, -0.25) is 4.90 Å². The number of nitrogens with one attached hydrogen (secondary N) is 1. The molecule has 2 fully saturated rings. The number of aromatic carboxylic acids is 1. The van der Waals surface area contributed by atoms with E-state index < -0.39 is 17.6 Å². The van der Waals surface area contributed by atoms with E-state index in [9.17, 15) is 18.7 Å². The largest absolute Gasteiger partial charge is 0.478 e. The Hall–Kier alpha value is -3.87. The summed E-state index contributed by atoms with van der Waals surface area (Å²) >= 11 is 5.78. The standard InChI is InChI=1S/C28H27ClF2N6O4/c29-18-3-1-17(21(30)10-18)15-41-26-22(31)11-32-28(35-26)33-19-5-7-36(12-19)14-25-34-23-4-2-16(27(38)39)9-24(23)37(25)13-20-6-8-40-20/h1-4,9-11,19-20H,5-8,12-15H2,(H,38,39)(H,32,33,35)/t19-,20+/m1/s1. The molecule has 214 valence electrons. The molecular weight excluding hydrogens is 558 g/mol. The van der Waals surface area contributed by atoms with Crippen molar-refractivity contribution < 1.29 is 28.2 Å². The number of halogens is 3. The van der Waals surface area contributed by atoms with Crippen LogP contribution in [0, 0.1) is 11.6 Å². The van der Waals surface area contributed by atoms with Gasteiger partial charge in [0, 0.05) is 36.3 Å². The Bertz CT molecular complexity index is 1600. The lowest BCUT2D eigenvalue weighted by Gasteiger charge is -2.28. The molecule has 0 unspecified atom stereocenters. The van der Waals surface area contributed by atoms with E-state index in [1.54, 1.807) is 18.2 Å². The third kappa shape index (κ3) is 6.09. The fraction of sp³-hybridized carbons (Fsp3) is 0.357. The van der Waals surface area contributed by atoms with E-state index in [-0.39, 0.29) is 46.7 Å². The van der Waals surface area contributed by atoms with Gasteiger partial charge in [0.1, 0.15) is 18.2 Å². The number of hydrogen-bond donors (Lipinski definition) is 2. The number of carboxylic acid groups (broad SMARTS) is 1. The minimum atomic E-state index is -0.983. The minimum absolute atomic E-state index is 0.00609. The van der Waals surface area contributed by atoms with Crippen LogP contribution in [0.25, 0.3) is 11.0 Å². The summed E-state index contributed by atoms with van der Waals surface area (Å²) in [5.74, 6) is -1.52. The van der Waals surface area contributed by atoms with Crippen LogP contribution in [0.3, 0.4) is 0 Å². The van der Waals surface area contributed by atoms with Crippen molar-refractivity contribution >= 4 is 34.6 Å². The number of carbonyl (C=O) groups is 1. The Labute approximate surface area is 238 Å². The summed E-state index contributed by atoms with van der Waals surface area (Å²) < 4.78 is 41.5. The predicted octanol–water partition coefficient (Wildman–Crippen LogP) is 4.51. The number of benzene rings is 2. The van der Waals surface area contributed by atoms with E-state index in [2.05, 4.69) is 24.8 Å². The number of likely N-dealkylation sites (tertiary alicyclic amines) is 1. The van der Waals surface area contributed by atoms with E-state index in [4.69, 9.17) is 26.1 Å². The summed E-state index contributed by atoms with van der Waals surface area (Å²) in [5, 5.41) is 13.0. The SMILES string of the molecule is O=C(O)c1ccc2nc(CN3CC[C@@H](Nc4ncc(F)c(OCc5ccc(Cl)cc5F)n4)C3)n(C[C@@H]3CCO3)c2c1. The first-order chi connectivity index (χ1) is 19.8. The van der Waals surface area contributed by atoms with Gasteiger partial charge in [-0.05, 0) is 43.2 Å². The van der Waals surface area contributed by atoms with E-state index in [0.717, 1.165) is 49.0 Å². The highest BCUT2D eigenvalue weighted by Crippen LogP contribution is 2.25. The number of rotatable bonds is 10. The molecule has 4 aromatic rings. The highest BCUT2D eigenvalue weighted by molar-refractivity contribution is 6.30. The van der Waals surface area contributed by atoms with E-state index in [1.165, 1.54) is 18.2 Å². The van der Waals surface area contributed by atoms with Crippen molar-refractivity contribution in [2.75, 3.05) is 25.0 Å². The summed E-state index contributed by atoms with van der Waals surface area (Å²) in [6, 6.07) is 9.13. The molecule has 2 aromatic heterocycles. The van der Waals surface area contributed by atoms with E-state index in [1.807, 2.05) is 0 Å². The first kappa shape index (κ1) is 27.3. The van der Waals surface area contributed by atoms with Gasteiger partial charge >= 0.3 is 5.97 Å². The molecule has 6 rings (SSSR count). The maximum Gasteiger partial charge on any atom is 0.335 e. The van der Waals surface area contributed by atoms with Crippen LogP contribution in [0.5, 0.6) is 5.88 Å². The van der Waals surface area contributed by atoms with Crippen molar-refractivity contribution in [2.24, 2.45) is 0 Å². The Balaban J connectivity index is 1.12. The van der Waals surface area contributed by atoms with Gasteiger partial charge in [0.05, 0.1) is 42.0 Å². The molecule has 2 N–H and O–H groups in total. The van der Waals surface area contributed by atoms with Crippen LogP contribution in [0.4, 0.5) is 14.7 Å². The van der Waals surface area contributed by atoms with Crippen molar-refractivity contribution in [2.45, 2.75) is 44.7 Å².